The first-order valence-corrected chi connectivity index (χ1v) is 7.51. The second kappa shape index (κ2) is 8.70. The van der Waals surface area contributed by atoms with Crippen molar-refractivity contribution >= 4 is 17.6 Å². The number of amides is 1. The van der Waals surface area contributed by atoms with E-state index in [9.17, 15) is 14.0 Å². The Hall–Kier alpha value is -3.29. The molecule has 7 nitrogen and oxygen atoms in total. The highest BCUT2D eigenvalue weighted by molar-refractivity contribution is 5.97. The fourth-order valence-corrected chi connectivity index (χ4v) is 2.13. The minimum Gasteiger partial charge on any atom is -0.496 e. The summed E-state index contributed by atoms with van der Waals surface area (Å²) < 4.78 is 33.3. The molecule has 26 heavy (non-hydrogen) atoms. The van der Waals surface area contributed by atoms with E-state index in [-0.39, 0.29) is 11.3 Å². The molecule has 8 heteroatoms. The van der Waals surface area contributed by atoms with Crippen LogP contribution in [0.2, 0.25) is 0 Å². The summed E-state index contributed by atoms with van der Waals surface area (Å²) in [7, 11) is 4.27. The lowest BCUT2D eigenvalue weighted by molar-refractivity contribution is -0.119. The normalized spacial score (nSPS) is 10.0. The number of ether oxygens (including phenoxy) is 4. The number of anilines is 1. The van der Waals surface area contributed by atoms with Gasteiger partial charge in [-0.05, 0) is 24.3 Å². The third-order valence-corrected chi connectivity index (χ3v) is 3.39. The molecule has 0 aliphatic carbocycles. The predicted molar refractivity (Wildman–Crippen MR) is 91.4 cm³/mol. The van der Waals surface area contributed by atoms with Crippen LogP contribution in [0.25, 0.3) is 0 Å². The van der Waals surface area contributed by atoms with E-state index in [2.05, 4.69) is 5.32 Å². The lowest BCUT2D eigenvalue weighted by atomic mass is 10.1. The molecule has 0 fully saturated rings. The molecule has 0 unspecified atom stereocenters. The zero-order chi connectivity index (χ0) is 19.1. The fourth-order valence-electron chi connectivity index (χ4n) is 2.13. The van der Waals surface area contributed by atoms with Gasteiger partial charge in [0, 0.05) is 17.8 Å². The first-order chi connectivity index (χ1) is 12.5. The number of esters is 1. The molecule has 1 amide bonds. The third kappa shape index (κ3) is 4.62. The van der Waals surface area contributed by atoms with Gasteiger partial charge >= 0.3 is 5.97 Å². The van der Waals surface area contributed by atoms with Crippen molar-refractivity contribution in [2.75, 3.05) is 33.3 Å². The number of carbonyl (C=O) groups excluding carboxylic acids is 2. The van der Waals surface area contributed by atoms with Crippen molar-refractivity contribution in [1.82, 2.24) is 0 Å². The Kier molecular flexibility index (Phi) is 6.37. The molecule has 0 aliphatic heterocycles. The molecule has 0 aromatic heterocycles. The maximum absolute atomic E-state index is 12.8. The highest BCUT2D eigenvalue weighted by Crippen LogP contribution is 2.34. The molecule has 2 aromatic carbocycles. The third-order valence-electron chi connectivity index (χ3n) is 3.39. The minimum absolute atomic E-state index is 0.0831. The van der Waals surface area contributed by atoms with Gasteiger partial charge in [0.1, 0.15) is 17.1 Å². The number of carbonyl (C=O) groups is 2. The van der Waals surface area contributed by atoms with Crippen LogP contribution in [0.4, 0.5) is 10.1 Å². The van der Waals surface area contributed by atoms with Crippen LogP contribution in [0.5, 0.6) is 17.2 Å². The molecular weight excluding hydrogens is 345 g/mol. The Bertz CT molecular complexity index is 791. The number of nitrogens with one attached hydrogen (secondary N) is 1. The summed E-state index contributed by atoms with van der Waals surface area (Å²) in [6.07, 6.45) is 0. The molecule has 0 heterocycles. The van der Waals surface area contributed by atoms with Crippen LogP contribution in [0.3, 0.4) is 0 Å². The fraction of sp³-hybridized carbons (Fsp3) is 0.222. The molecule has 0 bridgehead atoms. The Morgan fingerprint density at radius 3 is 2.08 bits per heavy atom. The van der Waals surface area contributed by atoms with Gasteiger partial charge in [-0.2, -0.15) is 0 Å². The van der Waals surface area contributed by atoms with Gasteiger partial charge in [-0.3, -0.25) is 4.79 Å². The van der Waals surface area contributed by atoms with E-state index in [1.165, 1.54) is 57.7 Å². The van der Waals surface area contributed by atoms with Crippen molar-refractivity contribution < 1.29 is 32.9 Å². The molecule has 138 valence electrons. The average Bonchev–Trinajstić information content (AvgIpc) is 2.66. The summed E-state index contributed by atoms with van der Waals surface area (Å²) in [5.74, 6) is -0.839. The first-order valence-electron chi connectivity index (χ1n) is 7.51. The standard InChI is InChI=1S/C18H18FNO6/c1-23-14-9-16(25-3)15(24-2)8-13(14)18(22)26-10-17(21)20-12-6-4-11(19)5-7-12/h4-9H,10H2,1-3H3,(H,20,21). The van der Waals surface area contributed by atoms with E-state index in [1.54, 1.807) is 0 Å². The zero-order valence-corrected chi connectivity index (χ0v) is 14.5. The van der Waals surface area contributed by atoms with Crippen LogP contribution < -0.4 is 19.5 Å². The van der Waals surface area contributed by atoms with Gasteiger partial charge in [-0.25, -0.2) is 9.18 Å². The SMILES string of the molecule is COc1cc(OC)c(C(=O)OCC(=O)Nc2ccc(F)cc2)cc1OC. The molecular formula is C18H18FNO6. The largest absolute Gasteiger partial charge is 0.496 e. The second-order valence-electron chi connectivity index (χ2n) is 5.04. The van der Waals surface area contributed by atoms with Crippen molar-refractivity contribution in [1.29, 1.82) is 0 Å². The molecule has 1 N–H and O–H groups in total. The van der Waals surface area contributed by atoms with Crippen LogP contribution in [0.1, 0.15) is 10.4 Å². The molecule has 0 saturated carbocycles. The zero-order valence-electron chi connectivity index (χ0n) is 14.5. The van der Waals surface area contributed by atoms with Gasteiger partial charge in [-0.15, -0.1) is 0 Å². The van der Waals surface area contributed by atoms with Gasteiger partial charge in [0.05, 0.1) is 21.3 Å². The van der Waals surface area contributed by atoms with Gasteiger partial charge in [0.2, 0.25) is 0 Å². The Morgan fingerprint density at radius 1 is 0.923 bits per heavy atom. The van der Waals surface area contributed by atoms with E-state index < -0.39 is 24.3 Å². The van der Waals surface area contributed by atoms with Gasteiger partial charge in [0.15, 0.2) is 18.1 Å². The summed E-state index contributed by atoms with van der Waals surface area (Å²) in [5, 5.41) is 2.49. The summed E-state index contributed by atoms with van der Waals surface area (Å²) in [5.41, 5.74) is 0.468. The Labute approximate surface area is 149 Å². The summed E-state index contributed by atoms with van der Waals surface area (Å²) in [6.45, 7) is -0.520. The second-order valence-corrected chi connectivity index (χ2v) is 5.04. The summed E-state index contributed by atoms with van der Waals surface area (Å²) in [6, 6.07) is 8.08. The maximum atomic E-state index is 12.8. The van der Waals surface area contributed by atoms with Crippen LogP contribution in [-0.2, 0) is 9.53 Å². The molecule has 2 rings (SSSR count). The molecule has 0 aliphatic rings. The molecule has 0 atom stereocenters. The number of rotatable bonds is 7. The predicted octanol–water partition coefficient (Wildman–Crippen LogP) is 2.65. The van der Waals surface area contributed by atoms with E-state index in [1.807, 2.05) is 0 Å². The first kappa shape index (κ1) is 19.0. The number of benzene rings is 2. The lowest BCUT2D eigenvalue weighted by Crippen LogP contribution is -2.21. The number of hydrogen-bond donors (Lipinski definition) is 1. The minimum atomic E-state index is -0.767. The van der Waals surface area contributed by atoms with Crippen molar-refractivity contribution in [2.24, 2.45) is 0 Å². The summed E-state index contributed by atoms with van der Waals surface area (Å²) in [4.78, 5) is 24.1. The van der Waals surface area contributed by atoms with Crippen LogP contribution in [0.15, 0.2) is 36.4 Å². The number of methoxy groups -OCH3 is 3. The maximum Gasteiger partial charge on any atom is 0.342 e. The van der Waals surface area contributed by atoms with Gasteiger partial charge in [-0.1, -0.05) is 0 Å². The molecule has 0 spiro atoms. The highest BCUT2D eigenvalue weighted by atomic mass is 19.1. The van der Waals surface area contributed by atoms with E-state index in [0.29, 0.717) is 17.2 Å². The van der Waals surface area contributed by atoms with Crippen molar-refractivity contribution in [3.8, 4) is 17.2 Å². The number of hydrogen-bond acceptors (Lipinski definition) is 6. The summed E-state index contributed by atoms with van der Waals surface area (Å²) >= 11 is 0. The average molecular weight is 363 g/mol. The van der Waals surface area contributed by atoms with Crippen molar-refractivity contribution in [3.63, 3.8) is 0 Å². The van der Waals surface area contributed by atoms with Crippen molar-refractivity contribution in [2.45, 2.75) is 0 Å². The smallest absolute Gasteiger partial charge is 0.342 e. The van der Waals surface area contributed by atoms with E-state index >= 15 is 0 Å². The Morgan fingerprint density at radius 2 is 1.50 bits per heavy atom. The Balaban J connectivity index is 2.04. The quantitative estimate of drug-likeness (QED) is 0.762. The van der Waals surface area contributed by atoms with Crippen LogP contribution >= 0.6 is 0 Å². The van der Waals surface area contributed by atoms with Gasteiger partial charge in [0.25, 0.3) is 5.91 Å². The number of halogens is 1. The monoisotopic (exact) mass is 363 g/mol. The molecule has 0 radical (unpaired) electrons. The van der Waals surface area contributed by atoms with E-state index in [4.69, 9.17) is 18.9 Å². The van der Waals surface area contributed by atoms with E-state index in [0.717, 1.165) is 0 Å². The van der Waals surface area contributed by atoms with Gasteiger partial charge < -0.3 is 24.3 Å². The lowest BCUT2D eigenvalue weighted by Gasteiger charge is -2.13. The molecule has 2 aromatic rings. The highest BCUT2D eigenvalue weighted by Gasteiger charge is 2.20. The molecule has 0 saturated heterocycles. The topological polar surface area (TPSA) is 83.1 Å². The van der Waals surface area contributed by atoms with Crippen LogP contribution in [-0.4, -0.2) is 39.8 Å². The van der Waals surface area contributed by atoms with Crippen molar-refractivity contribution in [3.05, 3.63) is 47.8 Å². The van der Waals surface area contributed by atoms with Crippen LogP contribution in [0, 0.1) is 5.82 Å².